The first kappa shape index (κ1) is 13.5. The molecule has 1 aromatic rings. The van der Waals surface area contributed by atoms with Gasteiger partial charge in [-0.1, -0.05) is 6.07 Å². The molecule has 21 heavy (non-hydrogen) atoms. The third-order valence-corrected chi connectivity index (χ3v) is 3.51. The average molecular weight is 291 g/mol. The van der Waals surface area contributed by atoms with Gasteiger partial charge in [0.1, 0.15) is 19.3 Å². The number of nitrogens with one attached hydrogen (secondary N) is 3. The molecule has 1 saturated heterocycles. The minimum atomic E-state index is -0.530. The topological polar surface area (TPSA) is 88.7 Å². The van der Waals surface area contributed by atoms with Gasteiger partial charge in [-0.25, -0.2) is 4.79 Å². The van der Waals surface area contributed by atoms with Gasteiger partial charge in [0.05, 0.1) is 6.04 Å². The standard InChI is InChI=1S/C14H17N3O4/c1-8(16-13(18)10-7-15-14(19)17-10)9-2-3-11-12(6-9)21-5-4-20-11/h2-3,6,8,10H,4-5,7H2,1H3,(H,16,18)(H2,15,17,19)/t8-,10-/m1/s1. The fourth-order valence-corrected chi connectivity index (χ4v) is 2.34. The van der Waals surface area contributed by atoms with Crippen molar-refractivity contribution in [1.29, 1.82) is 0 Å². The van der Waals surface area contributed by atoms with E-state index in [1.165, 1.54) is 0 Å². The fraction of sp³-hybridized carbons (Fsp3) is 0.429. The Morgan fingerprint density at radius 1 is 1.33 bits per heavy atom. The lowest BCUT2D eigenvalue weighted by atomic mass is 10.1. The minimum Gasteiger partial charge on any atom is -0.486 e. The highest BCUT2D eigenvalue weighted by Crippen LogP contribution is 2.32. The van der Waals surface area contributed by atoms with Gasteiger partial charge in [0.15, 0.2) is 11.5 Å². The van der Waals surface area contributed by atoms with E-state index in [2.05, 4.69) is 16.0 Å². The molecule has 112 valence electrons. The van der Waals surface area contributed by atoms with Crippen molar-refractivity contribution in [2.24, 2.45) is 0 Å². The number of hydrogen-bond acceptors (Lipinski definition) is 4. The maximum atomic E-state index is 12.0. The van der Waals surface area contributed by atoms with Crippen LogP contribution < -0.4 is 25.4 Å². The Morgan fingerprint density at radius 2 is 2.10 bits per heavy atom. The maximum absolute atomic E-state index is 12.0. The summed E-state index contributed by atoms with van der Waals surface area (Å²) in [5.41, 5.74) is 0.921. The zero-order valence-electron chi connectivity index (χ0n) is 11.6. The lowest BCUT2D eigenvalue weighted by molar-refractivity contribution is -0.123. The van der Waals surface area contributed by atoms with Gasteiger partial charge in [-0.3, -0.25) is 4.79 Å². The van der Waals surface area contributed by atoms with Crippen LogP contribution in [0, 0.1) is 0 Å². The summed E-state index contributed by atoms with van der Waals surface area (Å²) in [5.74, 6) is 1.20. The molecule has 2 atom stereocenters. The van der Waals surface area contributed by atoms with E-state index >= 15 is 0 Å². The molecular weight excluding hydrogens is 274 g/mol. The third-order valence-electron chi connectivity index (χ3n) is 3.51. The second kappa shape index (κ2) is 5.51. The Labute approximate surface area is 122 Å². The van der Waals surface area contributed by atoms with E-state index in [9.17, 15) is 9.59 Å². The summed E-state index contributed by atoms with van der Waals surface area (Å²) in [6.45, 7) is 3.26. The predicted molar refractivity (Wildman–Crippen MR) is 74.3 cm³/mol. The summed E-state index contributed by atoms with van der Waals surface area (Å²) in [6, 6.07) is 4.56. The van der Waals surface area contributed by atoms with Gasteiger partial charge in [-0.2, -0.15) is 0 Å². The van der Waals surface area contributed by atoms with E-state index < -0.39 is 6.04 Å². The number of rotatable bonds is 3. The fourth-order valence-electron chi connectivity index (χ4n) is 2.34. The molecule has 0 aromatic heterocycles. The van der Waals surface area contributed by atoms with Crippen LogP contribution in [-0.2, 0) is 4.79 Å². The molecule has 0 aliphatic carbocycles. The molecule has 1 aromatic carbocycles. The number of carbonyl (C=O) groups is 2. The van der Waals surface area contributed by atoms with Gasteiger partial charge in [-0.15, -0.1) is 0 Å². The van der Waals surface area contributed by atoms with Crippen molar-refractivity contribution in [3.8, 4) is 11.5 Å². The van der Waals surface area contributed by atoms with E-state index in [-0.39, 0.29) is 18.0 Å². The monoisotopic (exact) mass is 291 g/mol. The van der Waals surface area contributed by atoms with Crippen LogP contribution in [0.1, 0.15) is 18.5 Å². The first-order valence-corrected chi connectivity index (χ1v) is 6.88. The van der Waals surface area contributed by atoms with Gasteiger partial charge in [0, 0.05) is 6.54 Å². The van der Waals surface area contributed by atoms with Crippen LogP contribution in [0.4, 0.5) is 4.79 Å². The number of hydrogen-bond donors (Lipinski definition) is 3. The first-order valence-electron chi connectivity index (χ1n) is 6.88. The van der Waals surface area contributed by atoms with Crippen molar-refractivity contribution in [1.82, 2.24) is 16.0 Å². The smallest absolute Gasteiger partial charge is 0.315 e. The van der Waals surface area contributed by atoms with E-state index in [1.807, 2.05) is 25.1 Å². The van der Waals surface area contributed by atoms with Crippen LogP contribution in [0.3, 0.4) is 0 Å². The Hall–Kier alpha value is -2.44. The first-order chi connectivity index (χ1) is 10.1. The van der Waals surface area contributed by atoms with Crippen molar-refractivity contribution < 1.29 is 19.1 Å². The lowest BCUT2D eigenvalue weighted by Crippen LogP contribution is -2.43. The van der Waals surface area contributed by atoms with Gasteiger partial charge in [-0.05, 0) is 24.6 Å². The highest BCUT2D eigenvalue weighted by atomic mass is 16.6. The molecule has 0 unspecified atom stereocenters. The van der Waals surface area contributed by atoms with Crippen LogP contribution in [0.25, 0.3) is 0 Å². The Balaban J connectivity index is 1.66. The number of ether oxygens (including phenoxy) is 2. The van der Waals surface area contributed by atoms with E-state index in [4.69, 9.17) is 9.47 Å². The van der Waals surface area contributed by atoms with Crippen molar-refractivity contribution in [2.75, 3.05) is 19.8 Å². The summed E-state index contributed by atoms with van der Waals surface area (Å²) >= 11 is 0. The zero-order valence-corrected chi connectivity index (χ0v) is 11.6. The molecule has 7 nitrogen and oxygen atoms in total. The van der Waals surface area contributed by atoms with Crippen LogP contribution in [0.15, 0.2) is 18.2 Å². The van der Waals surface area contributed by atoms with Crippen molar-refractivity contribution in [3.05, 3.63) is 23.8 Å². The molecule has 2 aliphatic rings. The van der Waals surface area contributed by atoms with Crippen molar-refractivity contribution in [2.45, 2.75) is 19.0 Å². The molecule has 7 heteroatoms. The lowest BCUT2D eigenvalue weighted by Gasteiger charge is -2.21. The molecule has 3 amide bonds. The number of carbonyl (C=O) groups excluding carboxylic acids is 2. The Kier molecular flexibility index (Phi) is 3.55. The SMILES string of the molecule is C[C@@H](NC(=O)[C@H]1CNC(=O)N1)c1ccc2c(c1)OCCO2. The van der Waals surface area contributed by atoms with Crippen LogP contribution in [-0.4, -0.2) is 37.7 Å². The molecule has 2 aliphatic heterocycles. The average Bonchev–Trinajstić information content (AvgIpc) is 2.93. The quantitative estimate of drug-likeness (QED) is 0.748. The highest BCUT2D eigenvalue weighted by Gasteiger charge is 2.27. The molecule has 0 spiro atoms. The van der Waals surface area contributed by atoms with Gasteiger partial charge in [0.2, 0.25) is 5.91 Å². The molecular formula is C14H17N3O4. The van der Waals surface area contributed by atoms with E-state index in [0.717, 1.165) is 11.3 Å². The second-order valence-electron chi connectivity index (χ2n) is 5.04. The maximum Gasteiger partial charge on any atom is 0.315 e. The van der Waals surface area contributed by atoms with E-state index in [0.29, 0.717) is 25.5 Å². The predicted octanol–water partition coefficient (Wildman–Crippen LogP) is 0.316. The van der Waals surface area contributed by atoms with Crippen molar-refractivity contribution >= 4 is 11.9 Å². The Morgan fingerprint density at radius 3 is 2.81 bits per heavy atom. The summed E-state index contributed by atoms with van der Waals surface area (Å²) in [7, 11) is 0. The minimum absolute atomic E-state index is 0.189. The molecule has 0 radical (unpaired) electrons. The number of fused-ring (bicyclic) bond motifs is 1. The highest BCUT2D eigenvalue weighted by molar-refractivity contribution is 5.90. The normalized spacial score (nSPS) is 21.2. The number of amides is 3. The number of benzene rings is 1. The molecule has 3 N–H and O–H groups in total. The van der Waals surface area contributed by atoms with Crippen LogP contribution in [0.2, 0.25) is 0 Å². The van der Waals surface area contributed by atoms with Crippen LogP contribution in [0.5, 0.6) is 11.5 Å². The largest absolute Gasteiger partial charge is 0.486 e. The zero-order chi connectivity index (χ0) is 14.8. The number of urea groups is 1. The van der Waals surface area contributed by atoms with Crippen LogP contribution >= 0.6 is 0 Å². The molecule has 2 heterocycles. The Bertz CT molecular complexity index is 575. The second-order valence-corrected chi connectivity index (χ2v) is 5.04. The van der Waals surface area contributed by atoms with Gasteiger partial charge in [0.25, 0.3) is 0 Å². The third kappa shape index (κ3) is 2.86. The molecule has 3 rings (SSSR count). The molecule has 0 saturated carbocycles. The molecule has 0 bridgehead atoms. The van der Waals surface area contributed by atoms with E-state index in [1.54, 1.807) is 0 Å². The van der Waals surface area contributed by atoms with Gasteiger partial charge < -0.3 is 25.4 Å². The van der Waals surface area contributed by atoms with Gasteiger partial charge >= 0.3 is 6.03 Å². The van der Waals surface area contributed by atoms with Crippen molar-refractivity contribution in [3.63, 3.8) is 0 Å². The summed E-state index contributed by atoms with van der Waals surface area (Å²) < 4.78 is 11.0. The molecule has 1 fully saturated rings. The summed E-state index contributed by atoms with van der Waals surface area (Å²) in [5, 5.41) is 7.99. The summed E-state index contributed by atoms with van der Waals surface area (Å²) in [6.07, 6.45) is 0. The summed E-state index contributed by atoms with van der Waals surface area (Å²) in [4.78, 5) is 23.1.